The number of hydrogen-bond donors (Lipinski definition) is 2. The maximum Gasteiger partial charge on any atom is 0.335 e. The Labute approximate surface area is 254 Å². The number of anilines is 2. The molecule has 11 heteroatoms. The molecule has 0 saturated carbocycles. The van der Waals surface area contributed by atoms with Crippen LogP contribution in [0.25, 0.3) is 6.08 Å². The Hall–Kier alpha value is -4.83. The smallest absolute Gasteiger partial charge is 0.335 e. The SMILES string of the molecule is CCCOc1ccc(N2C(=O)NC(=O)/C(=C\c3cc(Cl)ccc3OCC(=O)Nc3cccc(C)c3C)C2=O)cc1OCC. The van der Waals surface area contributed by atoms with E-state index < -0.39 is 23.8 Å². The molecule has 1 saturated heterocycles. The number of urea groups is 1. The van der Waals surface area contributed by atoms with E-state index in [0.717, 1.165) is 22.4 Å². The quantitative estimate of drug-likeness (QED) is 0.208. The summed E-state index contributed by atoms with van der Waals surface area (Å²) >= 11 is 6.22. The van der Waals surface area contributed by atoms with Crippen molar-refractivity contribution in [2.45, 2.75) is 34.1 Å². The number of benzene rings is 3. The van der Waals surface area contributed by atoms with Gasteiger partial charge in [-0.1, -0.05) is 30.7 Å². The molecule has 4 rings (SSSR count). The second-order valence-electron chi connectivity index (χ2n) is 9.64. The van der Waals surface area contributed by atoms with E-state index in [1.807, 2.05) is 32.9 Å². The van der Waals surface area contributed by atoms with Crippen molar-refractivity contribution in [2.24, 2.45) is 0 Å². The number of hydrogen-bond acceptors (Lipinski definition) is 7. The molecule has 2 N–H and O–H groups in total. The molecule has 0 aliphatic carbocycles. The molecular weight excluding hydrogens is 574 g/mol. The van der Waals surface area contributed by atoms with Gasteiger partial charge in [-0.25, -0.2) is 9.69 Å². The number of nitrogens with zero attached hydrogens (tertiary/aromatic N) is 1. The van der Waals surface area contributed by atoms with Crippen LogP contribution >= 0.6 is 11.6 Å². The fourth-order valence-corrected chi connectivity index (χ4v) is 4.44. The number of halogens is 1. The van der Waals surface area contributed by atoms with Crippen molar-refractivity contribution in [1.82, 2.24) is 5.32 Å². The summed E-state index contributed by atoms with van der Waals surface area (Å²) in [7, 11) is 0. The van der Waals surface area contributed by atoms with Crippen molar-refractivity contribution in [3.63, 3.8) is 0 Å². The molecule has 224 valence electrons. The van der Waals surface area contributed by atoms with Crippen LogP contribution in [-0.2, 0) is 14.4 Å². The molecule has 1 fully saturated rings. The number of rotatable bonds is 11. The Bertz CT molecular complexity index is 1600. The van der Waals surface area contributed by atoms with Gasteiger partial charge in [-0.15, -0.1) is 0 Å². The van der Waals surface area contributed by atoms with Crippen LogP contribution in [-0.4, -0.2) is 43.6 Å². The second-order valence-corrected chi connectivity index (χ2v) is 10.1. The first-order valence-electron chi connectivity index (χ1n) is 13.7. The van der Waals surface area contributed by atoms with E-state index in [-0.39, 0.29) is 29.2 Å². The number of carbonyl (C=O) groups is 4. The van der Waals surface area contributed by atoms with E-state index in [0.29, 0.717) is 35.4 Å². The minimum atomic E-state index is -0.914. The highest BCUT2D eigenvalue weighted by Gasteiger charge is 2.37. The third-order valence-electron chi connectivity index (χ3n) is 6.56. The molecule has 3 aromatic rings. The van der Waals surface area contributed by atoms with Gasteiger partial charge in [0, 0.05) is 22.3 Å². The van der Waals surface area contributed by atoms with Crippen LogP contribution in [0.4, 0.5) is 16.2 Å². The van der Waals surface area contributed by atoms with E-state index in [2.05, 4.69) is 10.6 Å². The molecule has 5 amide bonds. The molecule has 0 bridgehead atoms. The maximum atomic E-state index is 13.6. The normalized spacial score (nSPS) is 14.0. The van der Waals surface area contributed by atoms with Crippen LogP contribution < -0.4 is 29.7 Å². The molecule has 10 nitrogen and oxygen atoms in total. The highest BCUT2D eigenvalue weighted by Crippen LogP contribution is 2.34. The molecule has 0 spiro atoms. The molecule has 0 radical (unpaired) electrons. The molecule has 0 unspecified atom stereocenters. The first-order valence-corrected chi connectivity index (χ1v) is 14.1. The summed E-state index contributed by atoms with van der Waals surface area (Å²) in [5.74, 6) is -1.14. The fourth-order valence-electron chi connectivity index (χ4n) is 4.26. The Morgan fingerprint density at radius 2 is 1.72 bits per heavy atom. The van der Waals surface area contributed by atoms with Crippen molar-refractivity contribution in [3.8, 4) is 17.2 Å². The minimum absolute atomic E-state index is 0.180. The number of nitrogens with one attached hydrogen (secondary N) is 2. The van der Waals surface area contributed by atoms with E-state index in [9.17, 15) is 19.2 Å². The monoisotopic (exact) mass is 605 g/mol. The van der Waals surface area contributed by atoms with E-state index >= 15 is 0 Å². The van der Waals surface area contributed by atoms with Crippen LogP contribution in [0.15, 0.2) is 60.2 Å². The number of ether oxygens (including phenoxy) is 3. The van der Waals surface area contributed by atoms with Crippen molar-refractivity contribution in [3.05, 3.63) is 81.9 Å². The molecule has 3 aromatic carbocycles. The Kier molecular flexibility index (Phi) is 10.0. The van der Waals surface area contributed by atoms with Crippen molar-refractivity contribution < 1.29 is 33.4 Å². The van der Waals surface area contributed by atoms with Crippen molar-refractivity contribution >= 4 is 52.8 Å². The number of carbonyl (C=O) groups excluding carboxylic acids is 4. The lowest BCUT2D eigenvalue weighted by Crippen LogP contribution is -2.54. The zero-order valence-electron chi connectivity index (χ0n) is 24.3. The lowest BCUT2D eigenvalue weighted by atomic mass is 10.1. The average molecular weight is 606 g/mol. The van der Waals surface area contributed by atoms with Gasteiger partial charge in [0.15, 0.2) is 18.1 Å². The largest absolute Gasteiger partial charge is 0.490 e. The van der Waals surface area contributed by atoms with Gasteiger partial charge in [0.25, 0.3) is 17.7 Å². The number of amides is 5. The molecule has 43 heavy (non-hydrogen) atoms. The number of aryl methyl sites for hydroxylation is 1. The molecular formula is C32H32ClN3O7. The summed E-state index contributed by atoms with van der Waals surface area (Å²) in [6.45, 7) is 8.06. The summed E-state index contributed by atoms with van der Waals surface area (Å²) in [6.07, 6.45) is 2.05. The lowest BCUT2D eigenvalue weighted by molar-refractivity contribution is -0.122. The topological polar surface area (TPSA) is 123 Å². The van der Waals surface area contributed by atoms with Gasteiger partial charge in [-0.05, 0) is 80.8 Å². The Balaban J connectivity index is 1.60. The first-order chi connectivity index (χ1) is 20.6. The molecule has 1 heterocycles. The van der Waals surface area contributed by atoms with Gasteiger partial charge in [-0.3, -0.25) is 19.7 Å². The summed E-state index contributed by atoms with van der Waals surface area (Å²) in [4.78, 5) is 52.7. The summed E-state index contributed by atoms with van der Waals surface area (Å²) in [6, 6.07) is 13.9. The van der Waals surface area contributed by atoms with Crippen LogP contribution in [0.3, 0.4) is 0 Å². The van der Waals surface area contributed by atoms with Gasteiger partial charge >= 0.3 is 6.03 Å². The van der Waals surface area contributed by atoms with Crippen LogP contribution in [0.1, 0.15) is 37.0 Å². The first kappa shape index (κ1) is 31.1. The van der Waals surface area contributed by atoms with Gasteiger partial charge < -0.3 is 19.5 Å². The number of imide groups is 2. The Morgan fingerprint density at radius 3 is 2.47 bits per heavy atom. The predicted molar refractivity (Wildman–Crippen MR) is 164 cm³/mol. The third-order valence-corrected chi connectivity index (χ3v) is 6.79. The van der Waals surface area contributed by atoms with Crippen LogP contribution in [0.5, 0.6) is 17.2 Å². The molecule has 0 atom stereocenters. The van der Waals surface area contributed by atoms with Crippen LogP contribution in [0.2, 0.25) is 5.02 Å². The average Bonchev–Trinajstić information content (AvgIpc) is 2.97. The molecule has 1 aliphatic rings. The zero-order chi connectivity index (χ0) is 31.1. The van der Waals surface area contributed by atoms with E-state index in [1.54, 1.807) is 25.1 Å². The summed E-state index contributed by atoms with van der Waals surface area (Å²) in [5.41, 5.74) is 2.74. The van der Waals surface area contributed by atoms with Gasteiger partial charge in [0.1, 0.15) is 11.3 Å². The fraction of sp³-hybridized carbons (Fsp3) is 0.250. The van der Waals surface area contributed by atoms with Crippen molar-refractivity contribution in [1.29, 1.82) is 0 Å². The van der Waals surface area contributed by atoms with E-state index in [1.165, 1.54) is 30.3 Å². The zero-order valence-corrected chi connectivity index (χ0v) is 25.0. The molecule has 1 aliphatic heterocycles. The standard InChI is InChI=1S/C32H32ClN3O7/c1-5-14-42-27-13-11-23(17-28(27)41-6-2)36-31(39)24(30(38)35-32(36)40)16-21-15-22(33)10-12-26(21)43-18-29(37)34-25-9-7-8-19(3)20(25)4/h7-13,15-17H,5-6,14,18H2,1-4H3,(H,34,37)(H,35,38,40)/b24-16+. The van der Waals surface area contributed by atoms with E-state index in [4.69, 9.17) is 25.8 Å². The second kappa shape index (κ2) is 13.9. The van der Waals surface area contributed by atoms with Gasteiger partial charge in [0.2, 0.25) is 0 Å². The third kappa shape index (κ3) is 7.34. The summed E-state index contributed by atoms with van der Waals surface area (Å²) in [5, 5.41) is 5.32. The van der Waals surface area contributed by atoms with Gasteiger partial charge in [-0.2, -0.15) is 0 Å². The molecule has 0 aromatic heterocycles. The Morgan fingerprint density at radius 1 is 0.953 bits per heavy atom. The minimum Gasteiger partial charge on any atom is -0.490 e. The van der Waals surface area contributed by atoms with Gasteiger partial charge in [0.05, 0.1) is 18.9 Å². The van der Waals surface area contributed by atoms with Crippen LogP contribution in [0, 0.1) is 13.8 Å². The highest BCUT2D eigenvalue weighted by atomic mass is 35.5. The van der Waals surface area contributed by atoms with Crippen molar-refractivity contribution in [2.75, 3.05) is 30.0 Å². The lowest BCUT2D eigenvalue weighted by Gasteiger charge is -2.27. The predicted octanol–water partition coefficient (Wildman–Crippen LogP) is 5.83. The summed E-state index contributed by atoms with van der Waals surface area (Å²) < 4.78 is 17.1. The number of barbiturate groups is 1. The maximum absolute atomic E-state index is 13.6. The highest BCUT2D eigenvalue weighted by molar-refractivity contribution is 6.39.